The minimum atomic E-state index is -1.31. The molecule has 4 unspecified atom stereocenters. The van der Waals surface area contributed by atoms with Crippen LogP contribution >= 0.6 is 0 Å². The molecule has 5 nitrogen and oxygen atoms in total. The predicted molar refractivity (Wildman–Crippen MR) is 31.9 cm³/mol. The molecule has 0 amide bonds. The molecule has 0 aromatic carbocycles. The number of ether oxygens (including phenoxy) is 1. The van der Waals surface area contributed by atoms with Crippen molar-refractivity contribution in [3.8, 4) is 0 Å². The molecule has 60 valence electrons. The lowest BCUT2D eigenvalue weighted by Crippen LogP contribution is -2.56. The summed E-state index contributed by atoms with van der Waals surface area (Å²) in [6, 6.07) is -0.613. The lowest BCUT2D eigenvalue weighted by molar-refractivity contribution is -0.225. The molecular weight excluding hydrogens is 138 g/mol. The molecule has 1 fully saturated rings. The van der Waals surface area contributed by atoms with Gasteiger partial charge in [-0.1, -0.05) is 0 Å². The first-order valence-corrected chi connectivity index (χ1v) is 3.04. The van der Waals surface area contributed by atoms with Crippen molar-refractivity contribution in [2.75, 3.05) is 6.61 Å². The van der Waals surface area contributed by atoms with Crippen LogP contribution in [-0.2, 0) is 4.74 Å². The number of hydrogen-bond donors (Lipinski definition) is 4. The largest absolute Gasteiger partial charge is 0.388 e. The summed E-state index contributed by atoms with van der Waals surface area (Å²) in [7, 11) is 0. The van der Waals surface area contributed by atoms with E-state index >= 15 is 0 Å². The summed E-state index contributed by atoms with van der Waals surface area (Å²) in [5.41, 5.74) is 5.28. The van der Waals surface area contributed by atoms with E-state index in [1.807, 2.05) is 0 Å². The first kappa shape index (κ1) is 7.90. The summed E-state index contributed by atoms with van der Waals surface area (Å²) in [6.07, 6.45) is -3.69. The topological polar surface area (TPSA) is 95.9 Å². The van der Waals surface area contributed by atoms with Gasteiger partial charge in [-0.15, -0.1) is 0 Å². The van der Waals surface area contributed by atoms with Crippen LogP contribution in [0, 0.1) is 0 Å². The van der Waals surface area contributed by atoms with Gasteiger partial charge in [0.2, 0.25) is 0 Å². The molecule has 5 N–H and O–H groups in total. The summed E-state index contributed by atoms with van der Waals surface area (Å²) >= 11 is 0. The summed E-state index contributed by atoms with van der Waals surface area (Å²) in [4.78, 5) is 0. The van der Waals surface area contributed by atoms with Crippen LogP contribution in [-0.4, -0.2) is 46.5 Å². The smallest absolute Gasteiger partial charge is 0.183 e. The van der Waals surface area contributed by atoms with Gasteiger partial charge in [0.25, 0.3) is 0 Å². The Labute approximate surface area is 58.0 Å². The Bertz CT molecular complexity index is 106. The number of hydrogen-bond acceptors (Lipinski definition) is 5. The van der Waals surface area contributed by atoms with E-state index in [-0.39, 0.29) is 6.61 Å². The highest BCUT2D eigenvalue weighted by molar-refractivity contribution is 4.84. The highest BCUT2D eigenvalue weighted by atomic mass is 16.6. The number of aliphatic hydroxyl groups is 3. The second kappa shape index (κ2) is 2.81. The third-order valence-corrected chi connectivity index (χ3v) is 1.54. The van der Waals surface area contributed by atoms with Gasteiger partial charge in [0.05, 0.1) is 12.6 Å². The highest BCUT2D eigenvalue weighted by Crippen LogP contribution is 2.11. The Kier molecular flexibility index (Phi) is 2.22. The van der Waals surface area contributed by atoms with Crippen LogP contribution in [0.4, 0.5) is 0 Å². The number of rotatable bonds is 0. The molecule has 0 aromatic heterocycles. The van der Waals surface area contributed by atoms with E-state index in [0.717, 1.165) is 0 Å². The van der Waals surface area contributed by atoms with Gasteiger partial charge in [0.15, 0.2) is 6.29 Å². The van der Waals surface area contributed by atoms with Crippen molar-refractivity contribution < 1.29 is 20.1 Å². The standard InChI is InChI=1S/C5H11NO4/c6-2-1-10-5(9)4(8)3(2)7/h2-5,7-9H,1,6H2. The maximum absolute atomic E-state index is 9.00. The second-order valence-corrected chi connectivity index (χ2v) is 2.37. The van der Waals surface area contributed by atoms with Gasteiger partial charge in [-0.05, 0) is 0 Å². The van der Waals surface area contributed by atoms with Gasteiger partial charge in [-0.25, -0.2) is 0 Å². The van der Waals surface area contributed by atoms with Crippen LogP contribution in [0.3, 0.4) is 0 Å². The van der Waals surface area contributed by atoms with Crippen LogP contribution in [0.1, 0.15) is 0 Å². The van der Waals surface area contributed by atoms with E-state index in [1.165, 1.54) is 0 Å². The first-order valence-electron chi connectivity index (χ1n) is 3.04. The van der Waals surface area contributed by atoms with Crippen LogP contribution < -0.4 is 5.73 Å². The minimum absolute atomic E-state index is 0.0688. The molecular formula is C5H11NO4. The second-order valence-electron chi connectivity index (χ2n) is 2.37. The molecule has 1 saturated heterocycles. The molecule has 0 aliphatic carbocycles. The van der Waals surface area contributed by atoms with Crippen LogP contribution in [0.15, 0.2) is 0 Å². The average Bonchev–Trinajstić information content (AvgIpc) is 1.93. The maximum Gasteiger partial charge on any atom is 0.183 e. The number of aliphatic hydroxyl groups excluding tert-OH is 3. The minimum Gasteiger partial charge on any atom is -0.388 e. The molecule has 1 aliphatic heterocycles. The summed E-state index contributed by atoms with van der Waals surface area (Å²) in [5.74, 6) is 0. The molecule has 0 spiro atoms. The molecule has 1 aliphatic rings. The van der Waals surface area contributed by atoms with E-state index in [9.17, 15) is 0 Å². The van der Waals surface area contributed by atoms with E-state index in [2.05, 4.69) is 4.74 Å². The Morgan fingerprint density at radius 2 is 1.80 bits per heavy atom. The zero-order chi connectivity index (χ0) is 7.72. The molecule has 1 heterocycles. The van der Waals surface area contributed by atoms with E-state index in [1.54, 1.807) is 0 Å². The highest BCUT2D eigenvalue weighted by Gasteiger charge is 2.35. The maximum atomic E-state index is 9.00. The average molecular weight is 149 g/mol. The molecule has 0 radical (unpaired) electrons. The number of nitrogens with two attached hydrogens (primary N) is 1. The molecule has 0 aromatic rings. The molecule has 0 saturated carbocycles. The van der Waals surface area contributed by atoms with Gasteiger partial charge in [-0.3, -0.25) is 0 Å². The summed E-state index contributed by atoms with van der Waals surface area (Å²) in [6.45, 7) is 0.0688. The lowest BCUT2D eigenvalue weighted by atomic mass is 10.0. The fourth-order valence-electron chi connectivity index (χ4n) is 0.829. The predicted octanol–water partition coefficient (Wildman–Crippen LogP) is -2.62. The van der Waals surface area contributed by atoms with Crippen molar-refractivity contribution in [3.05, 3.63) is 0 Å². The zero-order valence-electron chi connectivity index (χ0n) is 5.34. The van der Waals surface area contributed by atoms with Crippen LogP contribution in [0.2, 0.25) is 0 Å². The Morgan fingerprint density at radius 3 is 2.30 bits per heavy atom. The third kappa shape index (κ3) is 1.28. The molecule has 10 heavy (non-hydrogen) atoms. The van der Waals surface area contributed by atoms with Gasteiger partial charge in [-0.2, -0.15) is 0 Å². The lowest BCUT2D eigenvalue weighted by Gasteiger charge is -2.32. The molecule has 1 rings (SSSR count). The monoisotopic (exact) mass is 149 g/mol. The quantitative estimate of drug-likeness (QED) is 0.302. The summed E-state index contributed by atoms with van der Waals surface area (Å²) in [5, 5.41) is 26.7. The molecule has 0 bridgehead atoms. The third-order valence-electron chi connectivity index (χ3n) is 1.54. The van der Waals surface area contributed by atoms with Crippen molar-refractivity contribution in [2.45, 2.75) is 24.5 Å². The Balaban J connectivity index is 2.52. The van der Waals surface area contributed by atoms with E-state index < -0.39 is 24.5 Å². The van der Waals surface area contributed by atoms with Crippen LogP contribution in [0.5, 0.6) is 0 Å². The van der Waals surface area contributed by atoms with E-state index in [4.69, 9.17) is 21.1 Å². The normalized spacial score (nSPS) is 49.2. The fraction of sp³-hybridized carbons (Fsp3) is 1.00. The van der Waals surface area contributed by atoms with Crippen molar-refractivity contribution in [2.24, 2.45) is 5.73 Å². The van der Waals surface area contributed by atoms with Crippen molar-refractivity contribution >= 4 is 0 Å². The van der Waals surface area contributed by atoms with Crippen molar-refractivity contribution in [1.29, 1.82) is 0 Å². The van der Waals surface area contributed by atoms with E-state index in [0.29, 0.717) is 0 Å². The van der Waals surface area contributed by atoms with Crippen molar-refractivity contribution in [1.82, 2.24) is 0 Å². The summed E-state index contributed by atoms with van der Waals surface area (Å²) < 4.78 is 4.59. The Morgan fingerprint density at radius 1 is 1.20 bits per heavy atom. The molecule has 4 atom stereocenters. The van der Waals surface area contributed by atoms with Gasteiger partial charge in [0, 0.05) is 0 Å². The van der Waals surface area contributed by atoms with Crippen LogP contribution in [0.25, 0.3) is 0 Å². The van der Waals surface area contributed by atoms with Crippen molar-refractivity contribution in [3.63, 3.8) is 0 Å². The molecule has 5 heteroatoms. The Hall–Kier alpha value is -0.200. The fourth-order valence-corrected chi connectivity index (χ4v) is 0.829. The first-order chi connectivity index (χ1) is 4.63. The van der Waals surface area contributed by atoms with Gasteiger partial charge in [0.1, 0.15) is 12.2 Å². The van der Waals surface area contributed by atoms with Gasteiger partial charge < -0.3 is 25.8 Å². The van der Waals surface area contributed by atoms with Gasteiger partial charge >= 0.3 is 0 Å². The zero-order valence-corrected chi connectivity index (χ0v) is 5.34. The SMILES string of the molecule is NC1COC(O)C(O)C1O.